The molecule has 2 nitrogen and oxygen atoms in total. The Morgan fingerprint density at radius 1 is 1.50 bits per heavy atom. The molecule has 0 aromatic heterocycles. The maximum atomic E-state index is 11.6. The van der Waals surface area contributed by atoms with Crippen molar-refractivity contribution in [2.75, 3.05) is 0 Å². The Bertz CT molecular complexity index is 133. The van der Waals surface area contributed by atoms with Crippen LogP contribution in [0.2, 0.25) is 0 Å². The zero-order valence-electron chi connectivity index (χ0n) is 4.65. The maximum absolute atomic E-state index is 11.6. The van der Waals surface area contributed by atoms with Gasteiger partial charge in [0.15, 0.2) is 0 Å². The van der Waals surface area contributed by atoms with E-state index in [1.54, 1.807) is 0 Å². The molecular formula is C4H4F4O2. The van der Waals surface area contributed by atoms with Crippen LogP contribution in [0.25, 0.3) is 0 Å². The monoisotopic (exact) mass is 160 g/mol. The lowest BCUT2D eigenvalue weighted by molar-refractivity contribution is -0.295. The minimum Gasteiger partial charge on any atom is -0.481 e. The highest BCUT2D eigenvalue weighted by Crippen LogP contribution is 2.25. The van der Waals surface area contributed by atoms with Gasteiger partial charge in [0.2, 0.25) is 0 Å². The van der Waals surface area contributed by atoms with Crippen molar-refractivity contribution in [1.82, 2.24) is 0 Å². The van der Waals surface area contributed by atoms with Crippen molar-refractivity contribution >= 4 is 0 Å². The van der Waals surface area contributed by atoms with Crippen molar-refractivity contribution in [3.05, 3.63) is 12.5 Å². The normalized spacial score (nSPS) is 11.7. The van der Waals surface area contributed by atoms with E-state index >= 15 is 0 Å². The predicted molar refractivity (Wildman–Crippen MR) is 23.8 cm³/mol. The van der Waals surface area contributed by atoms with Crippen molar-refractivity contribution in [3.8, 4) is 0 Å². The number of hydrogen-bond acceptors (Lipinski definition) is 2. The Kier molecular flexibility index (Phi) is 2.50. The molecule has 6 heteroatoms. The van der Waals surface area contributed by atoms with Crippen LogP contribution in [-0.2, 0) is 4.74 Å². The molecule has 0 aromatic rings. The summed E-state index contributed by atoms with van der Waals surface area (Å²) in [4.78, 5) is 0. The van der Waals surface area contributed by atoms with Gasteiger partial charge < -0.3 is 9.84 Å². The van der Waals surface area contributed by atoms with Gasteiger partial charge in [0, 0.05) is 0 Å². The third-order valence-corrected chi connectivity index (χ3v) is 0.508. The molecule has 0 fully saturated rings. The number of rotatable bonds is 3. The second-order valence-electron chi connectivity index (χ2n) is 1.36. The van der Waals surface area contributed by atoms with Gasteiger partial charge in [-0.3, -0.25) is 0 Å². The molecule has 0 heterocycles. The van der Waals surface area contributed by atoms with Crippen LogP contribution < -0.4 is 0 Å². The van der Waals surface area contributed by atoms with E-state index in [0.717, 1.165) is 0 Å². The first-order chi connectivity index (χ1) is 4.36. The second-order valence-corrected chi connectivity index (χ2v) is 1.36. The van der Waals surface area contributed by atoms with Crippen molar-refractivity contribution in [3.63, 3.8) is 0 Å². The number of aliphatic hydroxyl groups is 1. The third kappa shape index (κ3) is 2.56. The summed E-state index contributed by atoms with van der Waals surface area (Å²) in [6.45, 7) is 2.44. The molecule has 60 valence electrons. The van der Waals surface area contributed by atoms with Gasteiger partial charge in [0.25, 0.3) is 5.95 Å². The van der Waals surface area contributed by atoms with E-state index in [2.05, 4.69) is 11.3 Å². The fourth-order valence-corrected chi connectivity index (χ4v) is 0.202. The third-order valence-electron chi connectivity index (χ3n) is 0.508. The van der Waals surface area contributed by atoms with E-state index in [9.17, 15) is 17.6 Å². The molecule has 1 N–H and O–H groups in total. The molecule has 0 aliphatic heterocycles. The van der Waals surface area contributed by atoms with E-state index in [-0.39, 0.29) is 0 Å². The molecule has 10 heavy (non-hydrogen) atoms. The van der Waals surface area contributed by atoms with Gasteiger partial charge in [-0.1, -0.05) is 0 Å². The lowest BCUT2D eigenvalue weighted by Gasteiger charge is -2.14. The van der Waals surface area contributed by atoms with Crippen LogP contribution in [0.15, 0.2) is 12.5 Å². The van der Waals surface area contributed by atoms with Crippen LogP contribution in [0.3, 0.4) is 0 Å². The summed E-state index contributed by atoms with van der Waals surface area (Å²) in [6.07, 6.45) is -8.64. The first-order valence-electron chi connectivity index (χ1n) is 2.09. The van der Waals surface area contributed by atoms with Gasteiger partial charge in [0.1, 0.15) is 0 Å². The lowest BCUT2D eigenvalue weighted by Crippen LogP contribution is -2.29. The topological polar surface area (TPSA) is 29.5 Å². The zero-order valence-corrected chi connectivity index (χ0v) is 4.65. The van der Waals surface area contributed by atoms with Gasteiger partial charge in [-0.25, -0.2) is 0 Å². The van der Waals surface area contributed by atoms with Gasteiger partial charge in [-0.2, -0.15) is 17.6 Å². The summed E-state index contributed by atoms with van der Waals surface area (Å²) in [5.74, 6) is -1.44. The molecule has 0 atom stereocenters. The van der Waals surface area contributed by atoms with E-state index in [1.165, 1.54) is 0 Å². The van der Waals surface area contributed by atoms with Crippen molar-refractivity contribution < 1.29 is 27.4 Å². The van der Waals surface area contributed by atoms with Crippen LogP contribution in [0.4, 0.5) is 17.6 Å². The lowest BCUT2D eigenvalue weighted by atomic mass is 10.6. The van der Waals surface area contributed by atoms with Crippen molar-refractivity contribution in [1.29, 1.82) is 0 Å². The fourth-order valence-electron chi connectivity index (χ4n) is 0.202. The minimum atomic E-state index is -4.66. The standard InChI is InChI=1S/C4H4F4O2/c1-2(9)10-4(7,8)3(5)6/h3,9H,1H2. The van der Waals surface area contributed by atoms with Crippen LogP contribution in [0.5, 0.6) is 0 Å². The first kappa shape index (κ1) is 9.06. The van der Waals surface area contributed by atoms with Crippen LogP contribution >= 0.6 is 0 Å². The molecule has 0 rings (SSSR count). The van der Waals surface area contributed by atoms with Crippen LogP contribution in [0.1, 0.15) is 0 Å². The Morgan fingerprint density at radius 2 is 1.90 bits per heavy atom. The predicted octanol–water partition coefficient (Wildman–Crippen LogP) is 1.89. The van der Waals surface area contributed by atoms with Gasteiger partial charge in [-0.05, 0) is 6.58 Å². The number of alkyl halides is 4. The largest absolute Gasteiger partial charge is 0.481 e. The second kappa shape index (κ2) is 2.76. The summed E-state index contributed by atoms with van der Waals surface area (Å²) in [6, 6.07) is 0. The highest BCUT2D eigenvalue weighted by molar-refractivity contribution is 4.68. The van der Waals surface area contributed by atoms with Crippen LogP contribution in [0, 0.1) is 0 Å². The SMILES string of the molecule is C=C(O)OC(F)(F)C(F)F. The van der Waals surface area contributed by atoms with E-state index in [4.69, 9.17) is 5.11 Å². The Labute approximate surface area is 53.7 Å². The average molecular weight is 160 g/mol. The average Bonchev–Trinajstić information content (AvgIpc) is 1.60. The molecule has 0 aromatic carbocycles. The quantitative estimate of drug-likeness (QED) is 0.504. The molecule has 0 aliphatic rings. The minimum absolute atomic E-state index is 1.44. The summed E-state index contributed by atoms with van der Waals surface area (Å²) in [5.41, 5.74) is 0. The molecule has 0 radical (unpaired) electrons. The summed E-state index contributed by atoms with van der Waals surface area (Å²) in [7, 11) is 0. The Morgan fingerprint density at radius 3 is 2.00 bits per heavy atom. The molecule has 0 aliphatic carbocycles. The number of hydrogen-bond donors (Lipinski definition) is 1. The first-order valence-corrected chi connectivity index (χ1v) is 2.09. The molecule has 0 saturated heterocycles. The Balaban J connectivity index is 3.99. The fraction of sp³-hybridized carbons (Fsp3) is 0.500. The molecular weight excluding hydrogens is 156 g/mol. The van der Waals surface area contributed by atoms with E-state index < -0.39 is 18.5 Å². The molecule has 0 bridgehead atoms. The van der Waals surface area contributed by atoms with Gasteiger partial charge in [-0.15, -0.1) is 0 Å². The number of aliphatic hydroxyl groups excluding tert-OH is 1. The molecule has 0 amide bonds. The zero-order chi connectivity index (χ0) is 8.36. The Hall–Kier alpha value is -0.940. The highest BCUT2D eigenvalue weighted by Gasteiger charge is 2.44. The molecule has 0 spiro atoms. The maximum Gasteiger partial charge on any atom is 0.463 e. The number of halogens is 4. The summed E-state index contributed by atoms with van der Waals surface area (Å²) >= 11 is 0. The van der Waals surface area contributed by atoms with Crippen molar-refractivity contribution in [2.24, 2.45) is 0 Å². The number of ether oxygens (including phenoxy) is 1. The summed E-state index contributed by atoms with van der Waals surface area (Å²) < 4.78 is 48.5. The van der Waals surface area contributed by atoms with E-state index in [0.29, 0.717) is 0 Å². The highest BCUT2D eigenvalue weighted by atomic mass is 19.3. The van der Waals surface area contributed by atoms with Crippen LogP contribution in [-0.4, -0.2) is 17.6 Å². The summed E-state index contributed by atoms with van der Waals surface area (Å²) in [5, 5.41) is 7.91. The van der Waals surface area contributed by atoms with E-state index in [1.807, 2.05) is 0 Å². The van der Waals surface area contributed by atoms with Crippen molar-refractivity contribution in [2.45, 2.75) is 12.5 Å². The van der Waals surface area contributed by atoms with Gasteiger partial charge >= 0.3 is 12.5 Å². The smallest absolute Gasteiger partial charge is 0.463 e. The molecule has 0 unspecified atom stereocenters. The van der Waals surface area contributed by atoms with Gasteiger partial charge in [0.05, 0.1) is 0 Å². The molecule has 0 saturated carbocycles.